The first-order valence-corrected chi connectivity index (χ1v) is 12.3. The van der Waals surface area contributed by atoms with Gasteiger partial charge in [0.1, 0.15) is 11.0 Å². The van der Waals surface area contributed by atoms with Crippen LogP contribution in [0.5, 0.6) is 0 Å². The van der Waals surface area contributed by atoms with Crippen LogP contribution in [0.4, 0.5) is 10.5 Å². The normalized spacial score (nSPS) is 18.6. The molecule has 3 heterocycles. The molecule has 34 heavy (non-hydrogen) atoms. The van der Waals surface area contributed by atoms with Gasteiger partial charge >= 0.3 is 6.03 Å². The van der Waals surface area contributed by atoms with Crippen LogP contribution in [0, 0.1) is 0 Å². The highest BCUT2D eigenvalue weighted by Crippen LogP contribution is 2.30. The highest BCUT2D eigenvalue weighted by atomic mass is 79.9. The molecule has 11 heteroatoms. The number of aromatic nitrogens is 1. The quantitative estimate of drug-likeness (QED) is 0.435. The maximum absolute atomic E-state index is 12.8. The molecule has 3 N–H and O–H groups in total. The predicted molar refractivity (Wildman–Crippen MR) is 130 cm³/mol. The molecule has 1 aromatic heterocycles. The molecule has 2 atom stereocenters. The summed E-state index contributed by atoms with van der Waals surface area (Å²) in [6.45, 7) is 2.11. The van der Waals surface area contributed by atoms with E-state index < -0.39 is 11.9 Å². The molecule has 3 aromatic rings. The van der Waals surface area contributed by atoms with Gasteiger partial charge in [-0.05, 0) is 55.3 Å². The Morgan fingerprint density at radius 3 is 2.85 bits per heavy atom. The maximum atomic E-state index is 12.8. The Hall–Kier alpha value is -3.31. The first-order valence-electron chi connectivity index (χ1n) is 10.7. The molecule has 2 aliphatic rings. The molecule has 1 fully saturated rings. The molecule has 5 rings (SSSR count). The van der Waals surface area contributed by atoms with Gasteiger partial charge in [0.25, 0.3) is 5.91 Å². The smallest absolute Gasteiger partial charge is 0.319 e. The molecule has 2 aromatic carbocycles. The molecule has 0 spiro atoms. The fourth-order valence-corrected chi connectivity index (χ4v) is 5.70. The van der Waals surface area contributed by atoms with E-state index in [1.165, 1.54) is 16.2 Å². The minimum Gasteiger partial charge on any atom is -0.329 e. The zero-order valence-electron chi connectivity index (χ0n) is 18.1. The number of halogens is 1. The van der Waals surface area contributed by atoms with E-state index in [4.69, 9.17) is 0 Å². The fraction of sp³-hybridized carbons (Fsp3) is 0.261. The van der Waals surface area contributed by atoms with Gasteiger partial charge in [-0.3, -0.25) is 19.7 Å². The van der Waals surface area contributed by atoms with Crippen LogP contribution in [0.3, 0.4) is 0 Å². The number of carbonyl (C=O) groups is 4. The molecule has 9 nitrogen and oxygen atoms in total. The molecule has 2 aliphatic heterocycles. The summed E-state index contributed by atoms with van der Waals surface area (Å²) in [6, 6.07) is 9.53. The number of urea groups is 1. The molecular weight excluding hydrogens is 522 g/mol. The highest BCUT2D eigenvalue weighted by molar-refractivity contribution is 9.10. The summed E-state index contributed by atoms with van der Waals surface area (Å²) in [5, 5.41) is 8.78. The number of nitrogens with zero attached hydrogens (tertiary/aromatic N) is 2. The van der Waals surface area contributed by atoms with Gasteiger partial charge in [0.15, 0.2) is 0 Å². The van der Waals surface area contributed by atoms with E-state index in [2.05, 4.69) is 36.9 Å². The fourth-order valence-electron chi connectivity index (χ4n) is 4.18. The van der Waals surface area contributed by atoms with Crippen LogP contribution in [-0.2, 0) is 16.1 Å². The van der Waals surface area contributed by atoms with E-state index in [0.717, 1.165) is 25.3 Å². The zero-order chi connectivity index (χ0) is 24.0. The van der Waals surface area contributed by atoms with Crippen LogP contribution in [0.15, 0.2) is 40.9 Å². The van der Waals surface area contributed by atoms with Gasteiger partial charge in [-0.25, -0.2) is 9.78 Å². The van der Waals surface area contributed by atoms with Gasteiger partial charge in [0.2, 0.25) is 11.8 Å². The Morgan fingerprint density at radius 1 is 1.24 bits per heavy atom. The predicted octanol–water partition coefficient (Wildman–Crippen LogP) is 3.70. The van der Waals surface area contributed by atoms with Crippen molar-refractivity contribution in [1.29, 1.82) is 0 Å². The van der Waals surface area contributed by atoms with Crippen molar-refractivity contribution in [3.63, 3.8) is 0 Å². The van der Waals surface area contributed by atoms with Gasteiger partial charge < -0.3 is 15.5 Å². The number of imide groups is 1. The monoisotopic (exact) mass is 541 g/mol. The van der Waals surface area contributed by atoms with Crippen LogP contribution in [-0.4, -0.2) is 39.7 Å². The number of rotatable bonds is 4. The summed E-state index contributed by atoms with van der Waals surface area (Å²) in [7, 11) is 0. The van der Waals surface area contributed by atoms with E-state index in [9.17, 15) is 19.2 Å². The third kappa shape index (κ3) is 4.28. The van der Waals surface area contributed by atoms with Crippen LogP contribution in [0.2, 0.25) is 0 Å². The van der Waals surface area contributed by atoms with E-state index in [-0.39, 0.29) is 36.9 Å². The van der Waals surface area contributed by atoms with E-state index in [1.807, 2.05) is 25.1 Å². The van der Waals surface area contributed by atoms with Crippen LogP contribution in [0.25, 0.3) is 10.2 Å². The van der Waals surface area contributed by atoms with Gasteiger partial charge in [-0.15, -0.1) is 11.3 Å². The number of amides is 5. The second-order valence-electron chi connectivity index (χ2n) is 8.26. The lowest BCUT2D eigenvalue weighted by atomic mass is 10.0. The Morgan fingerprint density at radius 2 is 2.06 bits per heavy atom. The Labute approximate surface area is 207 Å². The third-order valence-electron chi connectivity index (χ3n) is 5.87. The molecular formula is C23H20BrN5O4S. The van der Waals surface area contributed by atoms with E-state index in [1.54, 1.807) is 18.2 Å². The van der Waals surface area contributed by atoms with Crippen LogP contribution >= 0.6 is 27.3 Å². The summed E-state index contributed by atoms with van der Waals surface area (Å²) in [5.74, 6) is -1.03. The zero-order valence-corrected chi connectivity index (χ0v) is 20.5. The number of hydrogen-bond acceptors (Lipinski definition) is 6. The molecule has 0 bridgehead atoms. The lowest BCUT2D eigenvalue weighted by Crippen LogP contribution is -2.52. The summed E-state index contributed by atoms with van der Waals surface area (Å²) in [5.41, 5.74) is 2.62. The van der Waals surface area contributed by atoms with E-state index in [0.29, 0.717) is 17.7 Å². The molecule has 0 radical (unpaired) electrons. The Balaban J connectivity index is 1.24. The topological polar surface area (TPSA) is 120 Å². The number of hydrogen-bond donors (Lipinski definition) is 3. The summed E-state index contributed by atoms with van der Waals surface area (Å²) >= 11 is 4.97. The minimum atomic E-state index is -0.674. The van der Waals surface area contributed by atoms with Crippen molar-refractivity contribution in [3.8, 4) is 0 Å². The van der Waals surface area contributed by atoms with E-state index >= 15 is 0 Å². The average molecular weight is 542 g/mol. The lowest BCUT2D eigenvalue weighted by molar-refractivity contribution is -0.136. The molecule has 5 amide bonds. The van der Waals surface area contributed by atoms with Crippen molar-refractivity contribution in [1.82, 2.24) is 20.5 Å². The van der Waals surface area contributed by atoms with Crippen LogP contribution < -0.4 is 16.0 Å². The number of fused-ring (bicyclic) bond motifs is 2. The second-order valence-corrected chi connectivity index (χ2v) is 10.2. The van der Waals surface area contributed by atoms with Crippen molar-refractivity contribution in [3.05, 3.63) is 57.0 Å². The lowest BCUT2D eigenvalue weighted by Gasteiger charge is -2.29. The summed E-state index contributed by atoms with van der Waals surface area (Å²) in [6.07, 6.45) is 0.506. The number of benzene rings is 2. The molecule has 174 valence electrons. The number of anilines is 1. The molecule has 1 saturated heterocycles. The van der Waals surface area contributed by atoms with Gasteiger partial charge in [0.05, 0.1) is 16.3 Å². The van der Waals surface area contributed by atoms with Crippen molar-refractivity contribution in [2.45, 2.75) is 38.4 Å². The van der Waals surface area contributed by atoms with Gasteiger partial charge in [0, 0.05) is 28.7 Å². The second kappa shape index (κ2) is 8.80. The largest absolute Gasteiger partial charge is 0.329 e. The maximum Gasteiger partial charge on any atom is 0.319 e. The summed E-state index contributed by atoms with van der Waals surface area (Å²) in [4.78, 5) is 55.1. The standard InChI is InChI=1S/C23H20BrN5O4S/c1-11(21-27-16-5-2-13(24)9-18(16)34-21)25-23(33)26-14-3-4-15-12(8-14)10-29(22(15)32)17-6-7-19(30)28-20(17)31/h2-5,8-9,11,17H,6-7,10H2,1H3,(H2,25,26,33)(H,28,30,31). The van der Waals surface area contributed by atoms with Gasteiger partial charge in [-0.2, -0.15) is 0 Å². The average Bonchev–Trinajstić information content (AvgIpc) is 3.34. The minimum absolute atomic E-state index is 0.202. The number of piperidine rings is 1. The van der Waals surface area contributed by atoms with Crippen molar-refractivity contribution in [2.75, 3.05) is 5.32 Å². The summed E-state index contributed by atoms with van der Waals surface area (Å²) < 4.78 is 2.00. The first kappa shape index (κ1) is 22.5. The van der Waals surface area contributed by atoms with Crippen LogP contribution in [0.1, 0.15) is 46.7 Å². The number of carbonyl (C=O) groups excluding carboxylic acids is 4. The Kier molecular flexibility index (Phi) is 5.82. The SMILES string of the molecule is CC(NC(=O)Nc1ccc2c(c1)CN(C1CCC(=O)NC1=O)C2=O)c1nc2ccc(Br)cc2s1. The molecule has 2 unspecified atom stereocenters. The Bertz CT molecular complexity index is 1360. The molecule has 0 aliphatic carbocycles. The molecule has 0 saturated carbocycles. The van der Waals surface area contributed by atoms with Crippen molar-refractivity contribution in [2.24, 2.45) is 0 Å². The number of thiazole rings is 1. The third-order valence-corrected chi connectivity index (χ3v) is 7.56. The highest BCUT2D eigenvalue weighted by Gasteiger charge is 2.39. The number of nitrogens with one attached hydrogen (secondary N) is 3. The van der Waals surface area contributed by atoms with Gasteiger partial charge in [-0.1, -0.05) is 15.9 Å². The van der Waals surface area contributed by atoms with Crippen molar-refractivity contribution >= 4 is 66.9 Å². The van der Waals surface area contributed by atoms with Crippen molar-refractivity contribution < 1.29 is 19.2 Å². The first-order chi connectivity index (χ1) is 16.3.